The van der Waals surface area contributed by atoms with Crippen LogP contribution in [0.25, 0.3) is 0 Å². The molecule has 7 heteroatoms. The second-order valence-corrected chi connectivity index (χ2v) is 7.74. The van der Waals surface area contributed by atoms with Crippen molar-refractivity contribution in [1.29, 1.82) is 0 Å². The van der Waals surface area contributed by atoms with Gasteiger partial charge in [-0.2, -0.15) is 0 Å². The molecule has 0 spiro atoms. The lowest BCUT2D eigenvalue weighted by molar-refractivity contribution is 0.0954. The molecule has 26 heavy (non-hydrogen) atoms. The number of ether oxygens (including phenoxy) is 1. The molecular weight excluding hydrogens is 352 g/mol. The van der Waals surface area contributed by atoms with Crippen LogP contribution < -0.4 is 14.4 Å². The summed E-state index contributed by atoms with van der Waals surface area (Å²) >= 11 is 0. The van der Waals surface area contributed by atoms with Crippen LogP contribution in [-0.4, -0.2) is 40.8 Å². The molecule has 0 aromatic heterocycles. The van der Waals surface area contributed by atoms with Gasteiger partial charge in [0.25, 0.3) is 5.91 Å². The fourth-order valence-electron chi connectivity index (χ4n) is 2.60. The van der Waals surface area contributed by atoms with Crippen molar-refractivity contribution in [3.05, 3.63) is 59.7 Å². The molecule has 0 fully saturated rings. The first kappa shape index (κ1) is 19.8. The minimum absolute atomic E-state index is 0.188. The minimum atomic E-state index is -3.33. The van der Waals surface area contributed by atoms with Gasteiger partial charge in [-0.15, -0.1) is 0 Å². The summed E-state index contributed by atoms with van der Waals surface area (Å²) in [7, 11) is -1.71. The van der Waals surface area contributed by atoms with E-state index in [2.05, 4.69) is 5.32 Å². The Labute approximate surface area is 154 Å². The van der Waals surface area contributed by atoms with E-state index in [4.69, 9.17) is 4.74 Å². The number of carbonyl (C=O) groups is 1. The van der Waals surface area contributed by atoms with Gasteiger partial charge in [0.05, 0.1) is 19.1 Å². The number of rotatable bonds is 8. The number of anilines is 1. The average molecular weight is 376 g/mol. The summed E-state index contributed by atoms with van der Waals surface area (Å²) in [5, 5.41) is 2.87. The molecule has 0 atom stereocenters. The minimum Gasteiger partial charge on any atom is -0.497 e. The summed E-state index contributed by atoms with van der Waals surface area (Å²) in [4.78, 5) is 12.2. The van der Waals surface area contributed by atoms with Gasteiger partial charge in [-0.25, -0.2) is 8.42 Å². The van der Waals surface area contributed by atoms with Crippen LogP contribution in [0.15, 0.2) is 48.5 Å². The van der Waals surface area contributed by atoms with Gasteiger partial charge in [0.15, 0.2) is 0 Å². The number of nitrogens with zero attached hydrogens (tertiary/aromatic N) is 1. The van der Waals surface area contributed by atoms with Crippen LogP contribution in [-0.2, 0) is 16.4 Å². The second kappa shape index (κ2) is 8.71. The Morgan fingerprint density at radius 3 is 2.19 bits per heavy atom. The van der Waals surface area contributed by atoms with Gasteiger partial charge in [-0.3, -0.25) is 9.10 Å². The maximum Gasteiger partial charge on any atom is 0.251 e. The molecule has 0 aliphatic heterocycles. The summed E-state index contributed by atoms with van der Waals surface area (Å²) in [6.45, 7) is 2.62. The molecule has 2 aromatic rings. The predicted octanol–water partition coefficient (Wildman–Crippen LogP) is 2.45. The van der Waals surface area contributed by atoms with Gasteiger partial charge in [0, 0.05) is 18.7 Å². The van der Waals surface area contributed by atoms with Gasteiger partial charge in [-0.1, -0.05) is 12.1 Å². The topological polar surface area (TPSA) is 75.7 Å². The van der Waals surface area contributed by atoms with Gasteiger partial charge < -0.3 is 10.1 Å². The molecule has 0 unspecified atom stereocenters. The third kappa shape index (κ3) is 5.23. The molecular formula is C19H24N2O4S. The molecule has 0 aliphatic rings. The van der Waals surface area contributed by atoms with E-state index in [0.717, 1.165) is 17.6 Å². The molecule has 0 aliphatic carbocycles. The average Bonchev–Trinajstić information content (AvgIpc) is 2.62. The van der Waals surface area contributed by atoms with Crippen molar-refractivity contribution < 1.29 is 17.9 Å². The number of hydrogen-bond donors (Lipinski definition) is 1. The number of methoxy groups -OCH3 is 1. The predicted molar refractivity (Wildman–Crippen MR) is 103 cm³/mol. The van der Waals surface area contributed by atoms with E-state index in [1.807, 2.05) is 24.3 Å². The van der Waals surface area contributed by atoms with Crippen LogP contribution >= 0.6 is 0 Å². The Hall–Kier alpha value is -2.54. The fourth-order valence-corrected chi connectivity index (χ4v) is 3.58. The van der Waals surface area contributed by atoms with Crippen LogP contribution in [0, 0.1) is 0 Å². The highest BCUT2D eigenvalue weighted by atomic mass is 32.2. The molecule has 140 valence electrons. The quantitative estimate of drug-likeness (QED) is 0.768. The Morgan fingerprint density at radius 2 is 1.69 bits per heavy atom. The van der Waals surface area contributed by atoms with Crippen molar-refractivity contribution in [2.45, 2.75) is 13.3 Å². The molecule has 1 amide bonds. The van der Waals surface area contributed by atoms with Gasteiger partial charge in [0.2, 0.25) is 10.0 Å². The van der Waals surface area contributed by atoms with Crippen LogP contribution in [0.2, 0.25) is 0 Å². The number of hydrogen-bond acceptors (Lipinski definition) is 4. The smallest absolute Gasteiger partial charge is 0.251 e. The third-order valence-electron chi connectivity index (χ3n) is 3.96. The van der Waals surface area contributed by atoms with E-state index < -0.39 is 10.0 Å². The Balaban J connectivity index is 1.93. The number of nitrogens with one attached hydrogen (secondary N) is 1. The fraction of sp³-hybridized carbons (Fsp3) is 0.316. The molecule has 2 rings (SSSR count). The van der Waals surface area contributed by atoms with Crippen LogP contribution in [0.3, 0.4) is 0 Å². The SMILES string of the molecule is CCN(c1ccc(C(=O)NCCc2ccc(OC)cc2)cc1)S(C)(=O)=O. The van der Waals surface area contributed by atoms with E-state index in [1.54, 1.807) is 38.3 Å². The van der Waals surface area contributed by atoms with Gasteiger partial charge in [0.1, 0.15) is 5.75 Å². The zero-order chi connectivity index (χ0) is 19.2. The lowest BCUT2D eigenvalue weighted by Gasteiger charge is -2.20. The van der Waals surface area contributed by atoms with E-state index in [-0.39, 0.29) is 5.91 Å². The highest BCUT2D eigenvalue weighted by Gasteiger charge is 2.15. The van der Waals surface area contributed by atoms with Crippen molar-refractivity contribution >= 4 is 21.6 Å². The molecule has 0 saturated heterocycles. The normalized spacial score (nSPS) is 11.0. The van der Waals surface area contributed by atoms with Crippen molar-refractivity contribution in [1.82, 2.24) is 5.32 Å². The third-order valence-corrected chi connectivity index (χ3v) is 5.23. The standard InChI is InChI=1S/C19H24N2O4S/c1-4-21(26(3,23)24)17-9-7-16(8-10-17)19(22)20-14-13-15-5-11-18(25-2)12-6-15/h5-12H,4,13-14H2,1-3H3,(H,20,22). The number of carbonyl (C=O) groups excluding carboxylic acids is 1. The first-order valence-corrected chi connectivity index (χ1v) is 10.2. The number of amides is 1. The summed E-state index contributed by atoms with van der Waals surface area (Å²) < 4.78 is 29.9. The van der Waals surface area contributed by atoms with Crippen LogP contribution in [0.1, 0.15) is 22.8 Å². The van der Waals surface area contributed by atoms with Gasteiger partial charge >= 0.3 is 0 Å². The monoisotopic (exact) mass is 376 g/mol. The lowest BCUT2D eigenvalue weighted by Crippen LogP contribution is -2.29. The van der Waals surface area contributed by atoms with E-state index in [0.29, 0.717) is 30.8 Å². The van der Waals surface area contributed by atoms with Gasteiger partial charge in [-0.05, 0) is 55.3 Å². The number of sulfonamides is 1. The van der Waals surface area contributed by atoms with Crippen molar-refractivity contribution in [2.24, 2.45) is 0 Å². The Morgan fingerprint density at radius 1 is 1.08 bits per heavy atom. The largest absolute Gasteiger partial charge is 0.497 e. The highest BCUT2D eigenvalue weighted by molar-refractivity contribution is 7.92. The van der Waals surface area contributed by atoms with E-state index in [9.17, 15) is 13.2 Å². The molecule has 6 nitrogen and oxygen atoms in total. The zero-order valence-corrected chi connectivity index (χ0v) is 16.0. The maximum atomic E-state index is 12.2. The first-order valence-electron chi connectivity index (χ1n) is 8.34. The molecule has 0 radical (unpaired) electrons. The summed E-state index contributed by atoms with van der Waals surface area (Å²) in [5.74, 6) is 0.612. The Kier molecular flexibility index (Phi) is 6.63. The van der Waals surface area contributed by atoms with E-state index >= 15 is 0 Å². The Bertz CT molecular complexity index is 831. The van der Waals surface area contributed by atoms with Crippen molar-refractivity contribution in [3.8, 4) is 5.75 Å². The van der Waals surface area contributed by atoms with Crippen LogP contribution in [0.5, 0.6) is 5.75 Å². The molecule has 0 bridgehead atoms. The summed E-state index contributed by atoms with van der Waals surface area (Å²) in [6.07, 6.45) is 1.88. The summed E-state index contributed by atoms with van der Waals surface area (Å²) in [5.41, 5.74) is 2.14. The summed E-state index contributed by atoms with van der Waals surface area (Å²) in [6, 6.07) is 14.2. The maximum absolute atomic E-state index is 12.2. The first-order chi connectivity index (χ1) is 12.3. The van der Waals surface area contributed by atoms with E-state index in [1.165, 1.54) is 4.31 Å². The number of benzene rings is 2. The lowest BCUT2D eigenvalue weighted by atomic mass is 10.1. The zero-order valence-electron chi connectivity index (χ0n) is 15.2. The molecule has 1 N–H and O–H groups in total. The molecule has 0 heterocycles. The highest BCUT2D eigenvalue weighted by Crippen LogP contribution is 2.18. The van der Waals surface area contributed by atoms with Crippen molar-refractivity contribution in [3.63, 3.8) is 0 Å². The van der Waals surface area contributed by atoms with Crippen molar-refractivity contribution in [2.75, 3.05) is 30.8 Å². The second-order valence-electron chi connectivity index (χ2n) is 5.83. The molecule has 0 saturated carbocycles. The van der Waals surface area contributed by atoms with Crippen LogP contribution in [0.4, 0.5) is 5.69 Å². The molecule has 2 aromatic carbocycles.